The molecule has 2 amide bonds. The molecule has 1 atom stereocenters. The predicted octanol–water partition coefficient (Wildman–Crippen LogP) is 6.10. The summed E-state index contributed by atoms with van der Waals surface area (Å²) in [6.45, 7) is 4.50. The van der Waals surface area contributed by atoms with Gasteiger partial charge in [-0.3, -0.25) is 9.59 Å². The van der Waals surface area contributed by atoms with Crippen molar-refractivity contribution in [2.24, 2.45) is 11.8 Å². The summed E-state index contributed by atoms with van der Waals surface area (Å²) in [6, 6.07) is 8.98. The molecule has 10 heteroatoms. The van der Waals surface area contributed by atoms with Crippen molar-refractivity contribution in [1.29, 1.82) is 0 Å². The van der Waals surface area contributed by atoms with Crippen LogP contribution >= 0.6 is 22.7 Å². The lowest BCUT2D eigenvalue weighted by atomic mass is 9.82. The van der Waals surface area contributed by atoms with Gasteiger partial charge >= 0.3 is 5.97 Å². The van der Waals surface area contributed by atoms with Crippen LogP contribution in [0, 0.1) is 11.8 Å². The molecule has 3 aromatic rings. The number of carbonyl (C=O) groups excluding carboxylic acids is 3. The first kappa shape index (κ1) is 27.9. The summed E-state index contributed by atoms with van der Waals surface area (Å²) in [5, 5.41) is 4.53. The third-order valence-corrected chi connectivity index (χ3v) is 8.63. The minimum absolute atomic E-state index is 0.0241. The standard InChI is InChI=1S/C28H33N3O5S2/c1-17-5-7-20(8-6-17)27(33)31(18(2)14-35-3)23-13-24(38-25(23)28(34)36-4)19-9-11-21(12-10-19)30-26(32)22-15-37-16-29-22/h9-13,15-18,20H,5-8,14H2,1-4H3,(H,30,32)/t17-,18?,20-. The number of nitrogens with one attached hydrogen (secondary N) is 1. The number of benzene rings is 1. The maximum atomic E-state index is 13.9. The molecular formula is C28H33N3O5S2. The highest BCUT2D eigenvalue weighted by Crippen LogP contribution is 2.40. The molecule has 38 heavy (non-hydrogen) atoms. The number of amides is 2. The first-order valence-corrected chi connectivity index (χ1v) is 14.4. The number of carbonyl (C=O) groups is 3. The number of hydrogen-bond acceptors (Lipinski definition) is 8. The minimum Gasteiger partial charge on any atom is -0.465 e. The maximum Gasteiger partial charge on any atom is 0.350 e. The molecule has 1 aromatic carbocycles. The Hall–Kier alpha value is -3.08. The molecule has 202 valence electrons. The molecule has 1 aliphatic carbocycles. The molecule has 4 rings (SSSR count). The van der Waals surface area contributed by atoms with Crippen molar-refractivity contribution in [3.05, 3.63) is 51.8 Å². The van der Waals surface area contributed by atoms with E-state index in [1.165, 1.54) is 29.8 Å². The van der Waals surface area contributed by atoms with E-state index in [0.717, 1.165) is 36.1 Å². The fourth-order valence-corrected chi connectivity index (χ4v) is 6.38. The summed E-state index contributed by atoms with van der Waals surface area (Å²) in [5.41, 5.74) is 4.02. The van der Waals surface area contributed by atoms with Gasteiger partial charge in [-0.1, -0.05) is 19.1 Å². The Kier molecular flexibility index (Phi) is 9.30. The van der Waals surface area contributed by atoms with Crippen molar-refractivity contribution in [3.63, 3.8) is 0 Å². The SMILES string of the molecule is COCC(C)N(c1cc(-c2ccc(NC(=O)c3cscn3)cc2)sc1C(=O)OC)C(=O)[C@H]1CC[C@H](C)CC1. The van der Waals surface area contributed by atoms with E-state index < -0.39 is 5.97 Å². The molecule has 2 aromatic heterocycles. The van der Waals surface area contributed by atoms with Gasteiger partial charge in [0.2, 0.25) is 5.91 Å². The van der Waals surface area contributed by atoms with Crippen molar-refractivity contribution in [2.45, 2.75) is 45.6 Å². The van der Waals surface area contributed by atoms with E-state index in [0.29, 0.717) is 34.5 Å². The van der Waals surface area contributed by atoms with Crippen molar-refractivity contribution < 1.29 is 23.9 Å². The number of ether oxygens (including phenoxy) is 2. The Morgan fingerprint density at radius 2 is 1.84 bits per heavy atom. The Morgan fingerprint density at radius 1 is 1.13 bits per heavy atom. The summed E-state index contributed by atoms with van der Waals surface area (Å²) in [5.74, 6) is -0.195. The first-order valence-electron chi connectivity index (χ1n) is 12.7. The number of aromatic nitrogens is 1. The number of rotatable bonds is 9. The average Bonchev–Trinajstić information content (AvgIpc) is 3.61. The second-order valence-corrected chi connectivity index (χ2v) is 11.5. The second kappa shape index (κ2) is 12.6. The van der Waals surface area contributed by atoms with Crippen molar-refractivity contribution in [1.82, 2.24) is 4.98 Å². The van der Waals surface area contributed by atoms with Gasteiger partial charge in [0.05, 0.1) is 31.0 Å². The third-order valence-electron chi connectivity index (χ3n) is 6.89. The lowest BCUT2D eigenvalue weighted by molar-refractivity contribution is -0.124. The molecule has 1 N–H and O–H groups in total. The molecule has 0 aliphatic heterocycles. The largest absolute Gasteiger partial charge is 0.465 e. The number of hydrogen-bond donors (Lipinski definition) is 1. The molecule has 1 saturated carbocycles. The highest BCUT2D eigenvalue weighted by molar-refractivity contribution is 7.18. The Balaban J connectivity index is 1.65. The van der Waals surface area contributed by atoms with Crippen LogP contribution in [0.4, 0.5) is 11.4 Å². The van der Waals surface area contributed by atoms with E-state index in [1.807, 2.05) is 25.1 Å². The summed E-state index contributed by atoms with van der Waals surface area (Å²) in [6.07, 6.45) is 3.73. The van der Waals surface area contributed by atoms with Crippen LogP contribution in [0.25, 0.3) is 10.4 Å². The minimum atomic E-state index is -0.483. The summed E-state index contributed by atoms with van der Waals surface area (Å²) in [7, 11) is 2.95. The van der Waals surface area contributed by atoms with Crippen molar-refractivity contribution >= 4 is 51.8 Å². The van der Waals surface area contributed by atoms with E-state index in [1.54, 1.807) is 35.0 Å². The highest BCUT2D eigenvalue weighted by atomic mass is 32.1. The van der Waals surface area contributed by atoms with Gasteiger partial charge in [0.1, 0.15) is 10.6 Å². The Labute approximate surface area is 231 Å². The number of thiophene rings is 1. The quantitative estimate of drug-likeness (QED) is 0.320. The summed E-state index contributed by atoms with van der Waals surface area (Å²) in [4.78, 5) is 46.0. The van der Waals surface area contributed by atoms with Gasteiger partial charge in [0.15, 0.2) is 0 Å². The number of thiazole rings is 1. The number of esters is 1. The summed E-state index contributed by atoms with van der Waals surface area (Å²) < 4.78 is 10.5. The Bertz CT molecular complexity index is 1250. The first-order chi connectivity index (χ1) is 18.3. The van der Waals surface area contributed by atoms with Crippen LogP contribution in [-0.4, -0.2) is 49.6 Å². The Morgan fingerprint density at radius 3 is 2.45 bits per heavy atom. The van der Waals surface area contributed by atoms with E-state index in [-0.39, 0.29) is 23.8 Å². The fraction of sp³-hybridized carbons (Fsp3) is 0.429. The molecule has 1 unspecified atom stereocenters. The van der Waals surface area contributed by atoms with Crippen LogP contribution in [0.15, 0.2) is 41.2 Å². The van der Waals surface area contributed by atoms with Gasteiger partial charge in [0, 0.05) is 29.0 Å². The highest BCUT2D eigenvalue weighted by Gasteiger charge is 2.35. The third kappa shape index (κ3) is 6.31. The molecule has 0 radical (unpaired) electrons. The van der Waals surface area contributed by atoms with E-state index in [2.05, 4.69) is 17.2 Å². The van der Waals surface area contributed by atoms with Crippen molar-refractivity contribution in [2.75, 3.05) is 31.0 Å². The number of methoxy groups -OCH3 is 2. The van der Waals surface area contributed by atoms with Crippen LogP contribution in [0.2, 0.25) is 0 Å². The molecule has 0 bridgehead atoms. The van der Waals surface area contributed by atoms with Crippen molar-refractivity contribution in [3.8, 4) is 10.4 Å². The molecule has 0 saturated heterocycles. The fourth-order valence-electron chi connectivity index (χ4n) is 4.77. The van der Waals surface area contributed by atoms with Gasteiger partial charge in [-0.2, -0.15) is 0 Å². The molecule has 2 heterocycles. The van der Waals surface area contributed by atoms with E-state index in [4.69, 9.17) is 9.47 Å². The normalized spacial score (nSPS) is 18.0. The molecular weight excluding hydrogens is 522 g/mol. The maximum absolute atomic E-state index is 13.9. The average molecular weight is 556 g/mol. The lowest BCUT2D eigenvalue weighted by Crippen LogP contribution is -2.45. The van der Waals surface area contributed by atoms with Gasteiger partial charge in [-0.25, -0.2) is 9.78 Å². The lowest BCUT2D eigenvalue weighted by Gasteiger charge is -2.34. The zero-order valence-electron chi connectivity index (χ0n) is 22.1. The smallest absolute Gasteiger partial charge is 0.350 e. The van der Waals surface area contributed by atoms with E-state index >= 15 is 0 Å². The monoisotopic (exact) mass is 555 g/mol. The van der Waals surface area contributed by atoms with Gasteiger partial charge in [-0.05, 0) is 62.3 Å². The van der Waals surface area contributed by atoms with Gasteiger partial charge in [-0.15, -0.1) is 22.7 Å². The molecule has 1 aliphatic rings. The van der Waals surface area contributed by atoms with Crippen LogP contribution in [0.5, 0.6) is 0 Å². The van der Waals surface area contributed by atoms with Crippen LogP contribution in [0.1, 0.15) is 59.7 Å². The zero-order valence-corrected chi connectivity index (χ0v) is 23.7. The zero-order chi connectivity index (χ0) is 27.2. The van der Waals surface area contributed by atoms with E-state index in [9.17, 15) is 14.4 Å². The summed E-state index contributed by atoms with van der Waals surface area (Å²) >= 11 is 2.65. The topological polar surface area (TPSA) is 97.8 Å². The van der Waals surface area contributed by atoms with Crippen LogP contribution in [-0.2, 0) is 14.3 Å². The number of anilines is 2. The second-order valence-electron chi connectivity index (χ2n) is 9.69. The van der Waals surface area contributed by atoms with Gasteiger partial charge < -0.3 is 19.7 Å². The molecule has 0 spiro atoms. The van der Waals surface area contributed by atoms with Crippen LogP contribution in [0.3, 0.4) is 0 Å². The number of nitrogens with zero attached hydrogens (tertiary/aromatic N) is 2. The predicted molar refractivity (Wildman–Crippen MR) is 151 cm³/mol. The van der Waals surface area contributed by atoms with Gasteiger partial charge in [0.25, 0.3) is 5.91 Å². The van der Waals surface area contributed by atoms with Crippen LogP contribution < -0.4 is 10.2 Å². The molecule has 8 nitrogen and oxygen atoms in total. The molecule has 1 fully saturated rings.